The number of carbonyl (C=O) groups is 1. The van der Waals surface area contributed by atoms with Gasteiger partial charge in [-0.25, -0.2) is 8.42 Å². The van der Waals surface area contributed by atoms with Gasteiger partial charge in [0, 0.05) is 30.8 Å². The first-order valence-electron chi connectivity index (χ1n) is 12.3. The van der Waals surface area contributed by atoms with Crippen LogP contribution in [0.15, 0.2) is 83.8 Å². The second-order valence-corrected chi connectivity index (χ2v) is 10.8. The van der Waals surface area contributed by atoms with Crippen LogP contribution in [0.4, 0.5) is 5.69 Å². The minimum atomic E-state index is -3.56. The molecule has 2 N–H and O–H groups in total. The summed E-state index contributed by atoms with van der Waals surface area (Å²) in [6.07, 6.45) is 2.26. The predicted molar refractivity (Wildman–Crippen MR) is 152 cm³/mol. The lowest BCUT2D eigenvalue weighted by atomic mass is 10.2. The molecule has 196 valence electrons. The molecule has 9 heteroatoms. The van der Waals surface area contributed by atoms with Crippen LogP contribution < -0.4 is 15.4 Å². The molecule has 0 aromatic heterocycles. The standard InChI is InChI=1S/C28H33N3O4S2/c1-3-18-31(19-4-2)37(33,34)26-15-13-24(14-16-26)29-28(36)30-27(32)23-11-8-12-25(21-23)35-20-17-22-9-6-5-7-10-22/h5-16,21H,3-4,17-20H2,1-2H3,(H2,29,30,32,36). The predicted octanol–water partition coefficient (Wildman–Crippen LogP) is 5.25. The zero-order chi connectivity index (χ0) is 26.7. The van der Waals surface area contributed by atoms with E-state index in [1.165, 1.54) is 22.0 Å². The molecule has 0 aliphatic rings. The average molecular weight is 540 g/mol. The molecule has 0 atom stereocenters. The Morgan fingerprint density at radius 2 is 1.59 bits per heavy atom. The van der Waals surface area contributed by atoms with E-state index in [0.717, 1.165) is 19.3 Å². The fourth-order valence-electron chi connectivity index (χ4n) is 3.71. The van der Waals surface area contributed by atoms with Gasteiger partial charge in [-0.15, -0.1) is 0 Å². The minimum absolute atomic E-state index is 0.106. The van der Waals surface area contributed by atoms with E-state index in [4.69, 9.17) is 17.0 Å². The van der Waals surface area contributed by atoms with Crippen molar-refractivity contribution in [1.29, 1.82) is 0 Å². The third-order valence-corrected chi connectivity index (χ3v) is 7.64. The maximum Gasteiger partial charge on any atom is 0.257 e. The van der Waals surface area contributed by atoms with Crippen molar-refractivity contribution < 1.29 is 17.9 Å². The Kier molecular flexibility index (Phi) is 10.6. The number of sulfonamides is 1. The van der Waals surface area contributed by atoms with Crippen LogP contribution in [-0.2, 0) is 16.4 Å². The van der Waals surface area contributed by atoms with Gasteiger partial charge in [0.2, 0.25) is 10.0 Å². The van der Waals surface area contributed by atoms with E-state index in [1.807, 2.05) is 44.2 Å². The third-order valence-electron chi connectivity index (χ3n) is 5.52. The summed E-state index contributed by atoms with van der Waals surface area (Å²) in [7, 11) is -3.56. The van der Waals surface area contributed by atoms with Gasteiger partial charge < -0.3 is 10.1 Å². The normalized spacial score (nSPS) is 11.2. The second-order valence-electron chi connectivity index (χ2n) is 8.45. The molecule has 37 heavy (non-hydrogen) atoms. The molecule has 0 bridgehead atoms. The largest absolute Gasteiger partial charge is 0.493 e. The van der Waals surface area contributed by atoms with E-state index in [9.17, 15) is 13.2 Å². The molecule has 3 aromatic rings. The highest BCUT2D eigenvalue weighted by Gasteiger charge is 2.22. The molecule has 0 unspecified atom stereocenters. The maximum absolute atomic E-state index is 12.9. The van der Waals surface area contributed by atoms with Crippen LogP contribution in [0.5, 0.6) is 5.75 Å². The number of nitrogens with one attached hydrogen (secondary N) is 2. The Balaban J connectivity index is 1.55. The zero-order valence-electron chi connectivity index (χ0n) is 21.1. The van der Waals surface area contributed by atoms with Crippen molar-refractivity contribution in [2.24, 2.45) is 0 Å². The Hall–Kier alpha value is -3.27. The van der Waals surface area contributed by atoms with Crippen LogP contribution in [0.3, 0.4) is 0 Å². The van der Waals surface area contributed by atoms with Gasteiger partial charge in [-0.2, -0.15) is 4.31 Å². The quantitative estimate of drug-likeness (QED) is 0.306. The number of nitrogens with zero attached hydrogens (tertiary/aromatic N) is 1. The molecule has 0 saturated carbocycles. The van der Waals surface area contributed by atoms with E-state index >= 15 is 0 Å². The molecule has 0 saturated heterocycles. The van der Waals surface area contributed by atoms with E-state index in [-0.39, 0.29) is 15.9 Å². The summed E-state index contributed by atoms with van der Waals surface area (Å²) in [4.78, 5) is 12.9. The average Bonchev–Trinajstić information content (AvgIpc) is 2.89. The van der Waals surface area contributed by atoms with Crippen molar-refractivity contribution in [3.63, 3.8) is 0 Å². The Labute approximate surface area is 224 Å². The van der Waals surface area contributed by atoms with E-state index < -0.39 is 10.0 Å². The van der Waals surface area contributed by atoms with Gasteiger partial charge in [0.15, 0.2) is 5.11 Å². The molecule has 0 aliphatic heterocycles. The van der Waals surface area contributed by atoms with Crippen LogP contribution >= 0.6 is 12.2 Å². The fraction of sp³-hybridized carbons (Fsp3) is 0.286. The summed E-state index contributed by atoms with van der Waals surface area (Å²) >= 11 is 5.29. The van der Waals surface area contributed by atoms with Crippen molar-refractivity contribution in [3.05, 3.63) is 90.0 Å². The van der Waals surface area contributed by atoms with Crippen LogP contribution in [0, 0.1) is 0 Å². The number of hydrogen-bond donors (Lipinski definition) is 2. The first-order chi connectivity index (χ1) is 17.8. The summed E-state index contributed by atoms with van der Waals surface area (Å²) in [5, 5.41) is 5.68. The number of benzene rings is 3. The van der Waals surface area contributed by atoms with Crippen LogP contribution in [0.1, 0.15) is 42.6 Å². The van der Waals surface area contributed by atoms with Gasteiger partial charge in [-0.3, -0.25) is 10.1 Å². The van der Waals surface area contributed by atoms with Crippen molar-refractivity contribution in [3.8, 4) is 5.75 Å². The van der Waals surface area contributed by atoms with Crippen molar-refractivity contribution in [2.75, 3.05) is 25.0 Å². The highest BCUT2D eigenvalue weighted by Crippen LogP contribution is 2.19. The molecule has 3 aromatic carbocycles. The van der Waals surface area contributed by atoms with Crippen LogP contribution in [0.2, 0.25) is 0 Å². The second kappa shape index (κ2) is 13.9. The Morgan fingerprint density at radius 1 is 0.919 bits per heavy atom. The summed E-state index contributed by atoms with van der Waals surface area (Å²) in [6, 6.07) is 23.3. The summed E-state index contributed by atoms with van der Waals surface area (Å²) in [5.74, 6) is 0.222. The molecule has 0 heterocycles. The molecule has 1 amide bonds. The highest BCUT2D eigenvalue weighted by molar-refractivity contribution is 7.89. The van der Waals surface area contributed by atoms with Crippen molar-refractivity contribution in [2.45, 2.75) is 38.0 Å². The highest BCUT2D eigenvalue weighted by atomic mass is 32.2. The van der Waals surface area contributed by atoms with Gasteiger partial charge in [0.05, 0.1) is 11.5 Å². The Bertz CT molecular complexity index is 1270. The molecular weight excluding hydrogens is 506 g/mol. The number of hydrogen-bond acceptors (Lipinski definition) is 5. The lowest BCUT2D eigenvalue weighted by molar-refractivity contribution is 0.0977. The van der Waals surface area contributed by atoms with E-state index in [1.54, 1.807) is 36.4 Å². The van der Waals surface area contributed by atoms with E-state index in [0.29, 0.717) is 36.7 Å². The molecule has 7 nitrogen and oxygen atoms in total. The number of rotatable bonds is 12. The monoisotopic (exact) mass is 539 g/mol. The Morgan fingerprint density at radius 3 is 2.24 bits per heavy atom. The number of anilines is 1. The summed E-state index contributed by atoms with van der Waals surface area (Å²) < 4.78 is 33.2. The zero-order valence-corrected chi connectivity index (χ0v) is 22.8. The molecule has 0 fully saturated rings. The van der Waals surface area contributed by atoms with Crippen molar-refractivity contribution in [1.82, 2.24) is 9.62 Å². The number of ether oxygens (including phenoxy) is 1. The molecular formula is C28H33N3O4S2. The third kappa shape index (κ3) is 8.38. The van der Waals surface area contributed by atoms with E-state index in [2.05, 4.69) is 10.6 Å². The molecule has 0 spiro atoms. The molecule has 0 radical (unpaired) electrons. The maximum atomic E-state index is 12.9. The van der Waals surface area contributed by atoms with Gasteiger partial charge >= 0.3 is 0 Å². The first kappa shape index (κ1) is 28.3. The van der Waals surface area contributed by atoms with Gasteiger partial charge in [0.1, 0.15) is 5.75 Å². The van der Waals surface area contributed by atoms with Gasteiger partial charge in [0.25, 0.3) is 5.91 Å². The van der Waals surface area contributed by atoms with Crippen LogP contribution in [-0.4, -0.2) is 43.4 Å². The van der Waals surface area contributed by atoms with Gasteiger partial charge in [-0.1, -0.05) is 50.2 Å². The minimum Gasteiger partial charge on any atom is -0.493 e. The summed E-state index contributed by atoms with van der Waals surface area (Å²) in [6.45, 7) is 5.36. The number of amides is 1. The topological polar surface area (TPSA) is 87.7 Å². The van der Waals surface area contributed by atoms with Gasteiger partial charge in [-0.05, 0) is 73.1 Å². The summed E-state index contributed by atoms with van der Waals surface area (Å²) in [5.41, 5.74) is 2.16. The van der Waals surface area contributed by atoms with Crippen LogP contribution in [0.25, 0.3) is 0 Å². The number of thiocarbonyl (C=S) groups is 1. The molecule has 0 aliphatic carbocycles. The lowest BCUT2D eigenvalue weighted by Crippen LogP contribution is -2.34. The smallest absolute Gasteiger partial charge is 0.257 e. The van der Waals surface area contributed by atoms with Crippen molar-refractivity contribution >= 4 is 38.9 Å². The SMILES string of the molecule is CCCN(CCC)S(=O)(=O)c1ccc(NC(=S)NC(=O)c2cccc(OCCc3ccccc3)c2)cc1. The number of carbonyl (C=O) groups excluding carboxylic acids is 1. The first-order valence-corrected chi connectivity index (χ1v) is 14.2. The fourth-order valence-corrected chi connectivity index (χ4v) is 5.54. The molecule has 3 rings (SSSR count). The lowest BCUT2D eigenvalue weighted by Gasteiger charge is -2.21.